The molecule has 2 N–H and O–H groups in total. The van der Waals surface area contributed by atoms with Crippen molar-refractivity contribution in [1.29, 1.82) is 0 Å². The number of hydrogen-bond donors (Lipinski definition) is 2. The molecule has 138 valence electrons. The third kappa shape index (κ3) is 3.95. The Kier molecular flexibility index (Phi) is 5.40. The summed E-state index contributed by atoms with van der Waals surface area (Å²) in [6.45, 7) is 6.64. The number of aromatic nitrogens is 2. The minimum atomic E-state index is -0.473. The zero-order chi connectivity index (χ0) is 18.7. The van der Waals surface area contributed by atoms with E-state index in [0.717, 1.165) is 24.1 Å². The van der Waals surface area contributed by atoms with E-state index in [0.29, 0.717) is 19.0 Å². The Morgan fingerprint density at radius 2 is 2.04 bits per heavy atom. The third-order valence-electron chi connectivity index (χ3n) is 5.00. The van der Waals surface area contributed by atoms with Crippen LogP contribution in [0.1, 0.15) is 43.9 Å². The maximum atomic E-state index is 12.4. The summed E-state index contributed by atoms with van der Waals surface area (Å²) < 4.78 is 0. The number of H-pyrrole nitrogens is 1. The Bertz CT molecular complexity index is 791. The molecule has 0 bridgehead atoms. The highest BCUT2D eigenvalue weighted by molar-refractivity contribution is 5.86. The molecular formula is C20H26N4O2. The second kappa shape index (κ2) is 7.72. The second-order valence-corrected chi connectivity index (χ2v) is 7.09. The van der Waals surface area contributed by atoms with Crippen LogP contribution in [0.2, 0.25) is 0 Å². The van der Waals surface area contributed by atoms with Crippen LogP contribution in [-0.4, -0.2) is 46.0 Å². The monoisotopic (exact) mass is 354 g/mol. The fraction of sp³-hybridized carbons (Fsp3) is 0.450. The summed E-state index contributed by atoms with van der Waals surface area (Å²) in [5, 5.41) is 10.1. The normalized spacial score (nSPS) is 16.3. The highest BCUT2D eigenvalue weighted by Gasteiger charge is 2.29. The number of hydrogen-bond acceptors (Lipinski definition) is 3. The quantitative estimate of drug-likeness (QED) is 0.886. The minimum Gasteiger partial charge on any atom is -0.345 e. The molecule has 0 aliphatic carbocycles. The molecule has 1 aliphatic rings. The van der Waals surface area contributed by atoms with E-state index >= 15 is 0 Å². The van der Waals surface area contributed by atoms with Gasteiger partial charge in [0.1, 0.15) is 6.04 Å². The first-order valence-corrected chi connectivity index (χ1v) is 9.12. The van der Waals surface area contributed by atoms with E-state index in [2.05, 4.69) is 46.7 Å². The van der Waals surface area contributed by atoms with Crippen LogP contribution in [-0.2, 0) is 9.59 Å². The van der Waals surface area contributed by atoms with Crippen molar-refractivity contribution in [3.05, 3.63) is 41.7 Å². The minimum absolute atomic E-state index is 0.0119. The molecule has 1 aliphatic heterocycles. The van der Waals surface area contributed by atoms with Crippen molar-refractivity contribution in [3.8, 4) is 11.1 Å². The molecule has 1 aromatic heterocycles. The van der Waals surface area contributed by atoms with Gasteiger partial charge in [-0.1, -0.05) is 29.8 Å². The number of carbonyl (C=O) groups excluding carboxylic acids is 2. The first-order valence-electron chi connectivity index (χ1n) is 9.12. The van der Waals surface area contributed by atoms with Crippen molar-refractivity contribution in [2.45, 2.75) is 45.6 Å². The lowest BCUT2D eigenvalue weighted by Crippen LogP contribution is -2.48. The highest BCUT2D eigenvalue weighted by atomic mass is 16.2. The SMILES string of the molecule is CC(=O)N[C@@H](C)C(=O)N1CCC(c2[nH]ncc2-c2cccc(C)c2)CC1. The van der Waals surface area contributed by atoms with Gasteiger partial charge in [-0.3, -0.25) is 14.7 Å². The molecule has 0 unspecified atom stereocenters. The van der Waals surface area contributed by atoms with Gasteiger partial charge < -0.3 is 10.2 Å². The molecule has 1 fully saturated rings. The number of rotatable bonds is 4. The molecule has 1 saturated heterocycles. The number of likely N-dealkylation sites (tertiary alicyclic amines) is 1. The predicted molar refractivity (Wildman–Crippen MR) is 101 cm³/mol. The van der Waals surface area contributed by atoms with Crippen LogP contribution in [0.25, 0.3) is 11.1 Å². The Morgan fingerprint density at radius 3 is 2.69 bits per heavy atom. The van der Waals surface area contributed by atoms with Gasteiger partial charge >= 0.3 is 0 Å². The van der Waals surface area contributed by atoms with Gasteiger partial charge in [0.05, 0.1) is 6.20 Å². The Labute approximate surface area is 154 Å². The van der Waals surface area contributed by atoms with Crippen LogP contribution >= 0.6 is 0 Å². The van der Waals surface area contributed by atoms with Crippen molar-refractivity contribution in [3.63, 3.8) is 0 Å². The summed E-state index contributed by atoms with van der Waals surface area (Å²) in [6, 6.07) is 7.95. The molecule has 6 heteroatoms. The molecule has 2 heterocycles. The molecule has 1 aromatic carbocycles. The number of nitrogens with one attached hydrogen (secondary N) is 2. The first-order chi connectivity index (χ1) is 12.5. The maximum absolute atomic E-state index is 12.4. The summed E-state index contributed by atoms with van der Waals surface area (Å²) in [7, 11) is 0. The van der Waals surface area contributed by atoms with E-state index in [9.17, 15) is 9.59 Å². The van der Waals surface area contributed by atoms with Gasteiger partial charge in [0.15, 0.2) is 0 Å². The maximum Gasteiger partial charge on any atom is 0.244 e. The lowest BCUT2D eigenvalue weighted by Gasteiger charge is -2.33. The zero-order valence-corrected chi connectivity index (χ0v) is 15.6. The molecule has 0 radical (unpaired) electrons. The van der Waals surface area contributed by atoms with Crippen LogP contribution in [0, 0.1) is 6.92 Å². The van der Waals surface area contributed by atoms with Gasteiger partial charge in [-0.15, -0.1) is 0 Å². The smallest absolute Gasteiger partial charge is 0.244 e. The second-order valence-electron chi connectivity index (χ2n) is 7.09. The fourth-order valence-electron chi connectivity index (χ4n) is 3.68. The van der Waals surface area contributed by atoms with E-state index in [4.69, 9.17) is 0 Å². The lowest BCUT2D eigenvalue weighted by molar-refractivity contribution is -0.136. The zero-order valence-electron chi connectivity index (χ0n) is 15.6. The van der Waals surface area contributed by atoms with Crippen LogP contribution in [0.4, 0.5) is 0 Å². The molecule has 26 heavy (non-hydrogen) atoms. The van der Waals surface area contributed by atoms with Crippen molar-refractivity contribution in [2.75, 3.05) is 13.1 Å². The van der Waals surface area contributed by atoms with Gasteiger partial charge in [-0.2, -0.15) is 5.10 Å². The average Bonchev–Trinajstić information content (AvgIpc) is 3.10. The van der Waals surface area contributed by atoms with Gasteiger partial charge in [-0.05, 0) is 32.3 Å². The van der Waals surface area contributed by atoms with Gasteiger partial charge in [0.25, 0.3) is 0 Å². The van der Waals surface area contributed by atoms with Crippen molar-refractivity contribution in [1.82, 2.24) is 20.4 Å². The highest BCUT2D eigenvalue weighted by Crippen LogP contribution is 2.34. The lowest BCUT2D eigenvalue weighted by atomic mass is 9.89. The van der Waals surface area contributed by atoms with Gasteiger partial charge in [0, 0.05) is 37.2 Å². The number of aryl methyl sites for hydroxylation is 1. The number of amides is 2. The molecule has 6 nitrogen and oxygen atoms in total. The third-order valence-corrected chi connectivity index (χ3v) is 5.00. The Hall–Kier alpha value is -2.63. The molecular weight excluding hydrogens is 328 g/mol. The van der Waals surface area contributed by atoms with Crippen LogP contribution in [0.5, 0.6) is 0 Å². The van der Waals surface area contributed by atoms with Crippen molar-refractivity contribution >= 4 is 11.8 Å². The molecule has 2 aromatic rings. The summed E-state index contributed by atoms with van der Waals surface area (Å²) >= 11 is 0. The molecule has 0 saturated carbocycles. The fourth-order valence-corrected chi connectivity index (χ4v) is 3.68. The number of carbonyl (C=O) groups is 2. The van der Waals surface area contributed by atoms with E-state index in [1.807, 2.05) is 11.1 Å². The average molecular weight is 354 g/mol. The van der Waals surface area contributed by atoms with Gasteiger partial charge in [0.2, 0.25) is 11.8 Å². The van der Waals surface area contributed by atoms with Crippen LogP contribution in [0.15, 0.2) is 30.5 Å². The number of benzene rings is 1. The topological polar surface area (TPSA) is 78.1 Å². The Balaban J connectivity index is 1.67. The van der Waals surface area contributed by atoms with Crippen LogP contribution < -0.4 is 5.32 Å². The van der Waals surface area contributed by atoms with E-state index in [1.165, 1.54) is 18.1 Å². The molecule has 1 atom stereocenters. The van der Waals surface area contributed by atoms with Crippen molar-refractivity contribution in [2.24, 2.45) is 0 Å². The summed E-state index contributed by atoms with van der Waals surface area (Å²) in [5.74, 6) is 0.163. The van der Waals surface area contributed by atoms with E-state index in [-0.39, 0.29) is 11.8 Å². The van der Waals surface area contributed by atoms with E-state index < -0.39 is 6.04 Å². The molecule has 2 amide bonds. The predicted octanol–water partition coefficient (Wildman–Crippen LogP) is 2.62. The van der Waals surface area contributed by atoms with E-state index in [1.54, 1.807) is 6.92 Å². The van der Waals surface area contributed by atoms with Crippen LogP contribution in [0.3, 0.4) is 0 Å². The van der Waals surface area contributed by atoms with Gasteiger partial charge in [-0.25, -0.2) is 0 Å². The molecule has 3 rings (SSSR count). The largest absolute Gasteiger partial charge is 0.345 e. The summed E-state index contributed by atoms with van der Waals surface area (Å²) in [5.41, 5.74) is 4.69. The molecule has 0 spiro atoms. The summed E-state index contributed by atoms with van der Waals surface area (Å²) in [6.07, 6.45) is 3.67. The standard InChI is InChI=1S/C20H26N4O2/c1-13-5-4-6-17(11-13)18-12-21-23-19(18)16-7-9-24(10-8-16)20(26)14(2)22-15(3)25/h4-6,11-12,14,16H,7-10H2,1-3H3,(H,21,23)(H,22,25)/t14-/m0/s1. The Morgan fingerprint density at radius 1 is 1.31 bits per heavy atom. The number of aromatic amines is 1. The first kappa shape index (κ1) is 18.2. The number of nitrogens with zero attached hydrogens (tertiary/aromatic N) is 2. The van der Waals surface area contributed by atoms with Crippen molar-refractivity contribution < 1.29 is 9.59 Å². The number of piperidine rings is 1. The summed E-state index contributed by atoms with van der Waals surface area (Å²) in [4.78, 5) is 25.4.